The first-order valence-corrected chi connectivity index (χ1v) is 6.82. The minimum atomic E-state index is -0.801. The Bertz CT molecular complexity index is 899. The molecule has 8 heteroatoms. The maximum atomic E-state index is 13.7. The molecule has 0 aliphatic carbocycles. The molecule has 0 aliphatic rings. The molecule has 124 valence electrons. The molecule has 0 saturated heterocycles. The first-order chi connectivity index (χ1) is 11.6. The number of halogens is 2. The van der Waals surface area contributed by atoms with Crippen LogP contribution in [0.5, 0.6) is 5.75 Å². The van der Waals surface area contributed by atoms with Crippen molar-refractivity contribution < 1.29 is 27.5 Å². The van der Waals surface area contributed by atoms with E-state index < -0.39 is 23.7 Å². The topological polar surface area (TPSA) is 85.7 Å². The number of hydrogen-bond acceptors (Lipinski definition) is 6. The molecule has 3 aromatic rings. The fourth-order valence-corrected chi connectivity index (χ4v) is 1.97. The van der Waals surface area contributed by atoms with Gasteiger partial charge in [-0.15, -0.1) is 0 Å². The lowest BCUT2D eigenvalue weighted by Crippen LogP contribution is -2.08. The van der Waals surface area contributed by atoms with Crippen molar-refractivity contribution in [2.24, 2.45) is 0 Å². The van der Waals surface area contributed by atoms with Crippen molar-refractivity contribution in [1.82, 2.24) is 4.98 Å². The van der Waals surface area contributed by atoms with Crippen molar-refractivity contribution in [2.75, 3.05) is 0 Å². The Morgan fingerprint density at radius 1 is 1.17 bits per heavy atom. The summed E-state index contributed by atoms with van der Waals surface area (Å²) in [4.78, 5) is 15.6. The Morgan fingerprint density at radius 2 is 1.92 bits per heavy atom. The van der Waals surface area contributed by atoms with Gasteiger partial charge in [0.15, 0.2) is 0 Å². The number of aliphatic hydroxyl groups excluding tert-OH is 1. The number of hydrogen-bond donors (Lipinski definition) is 1. The van der Waals surface area contributed by atoms with Crippen LogP contribution in [-0.4, -0.2) is 10.1 Å². The van der Waals surface area contributed by atoms with Gasteiger partial charge in [-0.1, -0.05) is 6.07 Å². The van der Waals surface area contributed by atoms with Gasteiger partial charge in [0.2, 0.25) is 17.1 Å². The van der Waals surface area contributed by atoms with E-state index in [0.717, 1.165) is 24.5 Å². The SMILES string of the molecule is O=c1cc(CO)occ1OCc1coc(-c2c(F)cccc2F)n1. The lowest BCUT2D eigenvalue weighted by Gasteiger charge is -2.02. The number of ether oxygens (including phenoxy) is 1. The summed E-state index contributed by atoms with van der Waals surface area (Å²) in [6, 6.07) is 4.51. The molecule has 2 heterocycles. The molecule has 3 rings (SSSR count). The van der Waals surface area contributed by atoms with Gasteiger partial charge in [-0.2, -0.15) is 0 Å². The minimum absolute atomic E-state index is 0.0891. The van der Waals surface area contributed by atoms with E-state index in [1.165, 1.54) is 12.3 Å². The maximum absolute atomic E-state index is 13.7. The summed E-state index contributed by atoms with van der Waals surface area (Å²) in [5, 5.41) is 8.86. The average molecular weight is 335 g/mol. The fraction of sp³-hybridized carbons (Fsp3) is 0.125. The molecule has 0 amide bonds. The number of benzene rings is 1. The summed E-state index contributed by atoms with van der Waals surface area (Å²) in [5.74, 6) is -1.82. The van der Waals surface area contributed by atoms with E-state index in [9.17, 15) is 13.6 Å². The van der Waals surface area contributed by atoms with Crippen LogP contribution in [0.1, 0.15) is 11.5 Å². The molecule has 6 nitrogen and oxygen atoms in total. The van der Waals surface area contributed by atoms with Crippen molar-refractivity contribution in [3.63, 3.8) is 0 Å². The summed E-state index contributed by atoms with van der Waals surface area (Å²) < 4.78 is 42.6. The molecule has 0 atom stereocenters. The van der Waals surface area contributed by atoms with Gasteiger partial charge < -0.3 is 18.7 Å². The maximum Gasteiger partial charge on any atom is 0.232 e. The monoisotopic (exact) mass is 335 g/mol. The third-order valence-corrected chi connectivity index (χ3v) is 3.11. The molecular weight excluding hydrogens is 324 g/mol. The largest absolute Gasteiger partial charge is 0.480 e. The molecular formula is C16H11F2NO5. The third kappa shape index (κ3) is 3.18. The predicted octanol–water partition coefficient (Wildman–Crippen LogP) is 2.64. The number of oxazole rings is 1. The zero-order chi connectivity index (χ0) is 17.1. The second kappa shape index (κ2) is 6.63. The molecule has 24 heavy (non-hydrogen) atoms. The van der Waals surface area contributed by atoms with Crippen LogP contribution in [0.15, 0.2) is 50.4 Å². The first-order valence-electron chi connectivity index (χ1n) is 6.82. The molecule has 2 aromatic heterocycles. The van der Waals surface area contributed by atoms with E-state index in [0.29, 0.717) is 0 Å². The highest BCUT2D eigenvalue weighted by atomic mass is 19.1. The smallest absolute Gasteiger partial charge is 0.232 e. The van der Waals surface area contributed by atoms with Gasteiger partial charge in [0.25, 0.3) is 0 Å². The quantitative estimate of drug-likeness (QED) is 0.771. The summed E-state index contributed by atoms with van der Waals surface area (Å²) in [7, 11) is 0. The summed E-state index contributed by atoms with van der Waals surface area (Å²) in [5.41, 5.74) is -0.622. The van der Waals surface area contributed by atoms with E-state index >= 15 is 0 Å². The normalized spacial score (nSPS) is 10.8. The molecule has 1 aromatic carbocycles. The van der Waals surface area contributed by atoms with Gasteiger partial charge in [-0.05, 0) is 12.1 Å². The molecule has 0 unspecified atom stereocenters. The van der Waals surface area contributed by atoms with E-state index in [1.807, 2.05) is 0 Å². The number of rotatable bonds is 5. The third-order valence-electron chi connectivity index (χ3n) is 3.11. The van der Waals surface area contributed by atoms with Gasteiger partial charge in [-0.3, -0.25) is 4.79 Å². The van der Waals surface area contributed by atoms with Crippen LogP contribution < -0.4 is 10.2 Å². The standard InChI is InChI=1S/C16H11F2NO5/c17-11-2-1-3-12(18)15(11)16-19-9(7-24-16)6-23-14-8-22-10(5-20)4-13(14)21/h1-4,7-8,20H,5-6H2. The van der Waals surface area contributed by atoms with Crippen LogP contribution >= 0.6 is 0 Å². The van der Waals surface area contributed by atoms with E-state index in [1.54, 1.807) is 0 Å². The van der Waals surface area contributed by atoms with Crippen LogP contribution in [0.25, 0.3) is 11.5 Å². The molecule has 0 fully saturated rings. The average Bonchev–Trinajstić information content (AvgIpc) is 3.02. The molecule has 0 aliphatic heterocycles. The Labute approximate surface area is 133 Å². The highest BCUT2D eigenvalue weighted by molar-refractivity contribution is 5.55. The highest BCUT2D eigenvalue weighted by Gasteiger charge is 2.17. The van der Waals surface area contributed by atoms with Gasteiger partial charge in [0.1, 0.15) is 54.4 Å². The predicted molar refractivity (Wildman–Crippen MR) is 77.1 cm³/mol. The Balaban J connectivity index is 1.76. The van der Waals surface area contributed by atoms with E-state index in [2.05, 4.69) is 4.98 Å². The first kappa shape index (κ1) is 15.9. The summed E-state index contributed by atoms with van der Waals surface area (Å²) in [6.07, 6.45) is 2.23. The number of aromatic nitrogens is 1. The zero-order valence-corrected chi connectivity index (χ0v) is 12.2. The Morgan fingerprint density at radius 3 is 2.58 bits per heavy atom. The summed E-state index contributed by atoms with van der Waals surface area (Å²) >= 11 is 0. The van der Waals surface area contributed by atoms with E-state index in [4.69, 9.17) is 18.7 Å². The lowest BCUT2D eigenvalue weighted by atomic mass is 10.2. The van der Waals surface area contributed by atoms with Crippen molar-refractivity contribution in [3.8, 4) is 17.2 Å². The fourth-order valence-electron chi connectivity index (χ4n) is 1.97. The minimum Gasteiger partial charge on any atom is -0.480 e. The van der Waals surface area contributed by atoms with Gasteiger partial charge in [0, 0.05) is 6.07 Å². The lowest BCUT2D eigenvalue weighted by molar-refractivity contribution is 0.235. The molecule has 0 bridgehead atoms. The number of aliphatic hydroxyl groups is 1. The Hall–Kier alpha value is -3.00. The zero-order valence-electron chi connectivity index (χ0n) is 12.2. The van der Waals surface area contributed by atoms with Crippen LogP contribution in [-0.2, 0) is 13.2 Å². The second-order valence-corrected chi connectivity index (χ2v) is 4.76. The molecule has 1 N–H and O–H groups in total. The van der Waals surface area contributed by atoms with Crippen LogP contribution in [0.3, 0.4) is 0 Å². The Kier molecular flexibility index (Phi) is 4.39. The highest BCUT2D eigenvalue weighted by Crippen LogP contribution is 2.25. The van der Waals surface area contributed by atoms with Gasteiger partial charge >= 0.3 is 0 Å². The van der Waals surface area contributed by atoms with Crippen molar-refractivity contribution in [2.45, 2.75) is 13.2 Å². The van der Waals surface area contributed by atoms with Gasteiger partial charge in [-0.25, -0.2) is 13.8 Å². The molecule has 0 radical (unpaired) electrons. The van der Waals surface area contributed by atoms with Crippen LogP contribution in [0, 0.1) is 11.6 Å². The van der Waals surface area contributed by atoms with Crippen LogP contribution in [0.2, 0.25) is 0 Å². The second-order valence-electron chi connectivity index (χ2n) is 4.76. The van der Waals surface area contributed by atoms with Crippen molar-refractivity contribution in [1.29, 1.82) is 0 Å². The van der Waals surface area contributed by atoms with Crippen molar-refractivity contribution >= 4 is 0 Å². The summed E-state index contributed by atoms with van der Waals surface area (Å²) in [6.45, 7) is -0.570. The molecule has 0 saturated carbocycles. The molecule has 0 spiro atoms. The van der Waals surface area contributed by atoms with Gasteiger partial charge in [0.05, 0.1) is 0 Å². The van der Waals surface area contributed by atoms with Crippen molar-refractivity contribution in [3.05, 3.63) is 70.1 Å². The van der Waals surface area contributed by atoms with E-state index in [-0.39, 0.29) is 35.3 Å². The van der Waals surface area contributed by atoms with Crippen LogP contribution in [0.4, 0.5) is 8.78 Å². The number of nitrogens with zero attached hydrogens (tertiary/aromatic N) is 1.